The second-order valence-electron chi connectivity index (χ2n) is 6.67. The van der Waals surface area contributed by atoms with E-state index in [1.54, 1.807) is 0 Å². The minimum atomic E-state index is -0.0997. The lowest BCUT2D eigenvalue weighted by atomic mass is 10.1. The van der Waals surface area contributed by atoms with E-state index in [1.807, 2.05) is 38.0 Å². The van der Waals surface area contributed by atoms with E-state index < -0.39 is 0 Å². The molecule has 6 nitrogen and oxygen atoms in total. The molecule has 0 aromatic carbocycles. The second kappa shape index (κ2) is 20.7. The van der Waals surface area contributed by atoms with Crippen LogP contribution in [0.15, 0.2) is 0 Å². The third-order valence-corrected chi connectivity index (χ3v) is 3.61. The van der Waals surface area contributed by atoms with Crippen molar-refractivity contribution in [2.75, 3.05) is 54.5 Å². The molecule has 0 rings (SSSR count). The van der Waals surface area contributed by atoms with Gasteiger partial charge in [0.15, 0.2) is 0 Å². The van der Waals surface area contributed by atoms with Crippen LogP contribution in [0.1, 0.15) is 51.4 Å². The van der Waals surface area contributed by atoms with Gasteiger partial charge in [0.1, 0.15) is 13.2 Å². The molecule has 0 aliphatic carbocycles. The Balaban J connectivity index is -0.00000264. The number of carbonyl (C=O) groups is 2. The van der Waals surface area contributed by atoms with Gasteiger partial charge in [0, 0.05) is 25.9 Å². The number of hydrogen-bond acceptors (Lipinski definition) is 6. The molecule has 8 heteroatoms. The monoisotopic (exact) mass is 416 g/mol. The summed E-state index contributed by atoms with van der Waals surface area (Å²) in [4.78, 5) is 26.9. The summed E-state index contributed by atoms with van der Waals surface area (Å²) in [6.45, 7) is 2.47. The largest absolute Gasteiger partial charge is 0.464 e. The standard InChI is InChI=1S/C18H36N2O4.2ClH/c1-19(2)13-15-23-17(21)11-9-7-5-6-8-10-12-18(22)24-16-14-20(3)4;;/h5-16H2,1-4H3;2*1H. The van der Waals surface area contributed by atoms with Crippen molar-refractivity contribution < 1.29 is 19.1 Å². The molecule has 158 valence electrons. The molecule has 0 fully saturated rings. The number of nitrogens with zero attached hydrogens (tertiary/aromatic N) is 2. The summed E-state index contributed by atoms with van der Waals surface area (Å²) in [5.41, 5.74) is 0. The summed E-state index contributed by atoms with van der Waals surface area (Å²) in [7, 11) is 7.82. The van der Waals surface area contributed by atoms with Gasteiger partial charge in [-0.15, -0.1) is 24.8 Å². The Hall–Kier alpha value is -0.560. The number of hydrogen-bond donors (Lipinski definition) is 0. The Morgan fingerprint density at radius 2 is 0.923 bits per heavy atom. The van der Waals surface area contributed by atoms with E-state index in [0.717, 1.165) is 51.6 Å². The molecule has 0 bridgehead atoms. The van der Waals surface area contributed by atoms with Crippen LogP contribution in [-0.4, -0.2) is 76.2 Å². The summed E-state index contributed by atoms with van der Waals surface area (Å²) in [5, 5.41) is 0. The minimum absolute atomic E-state index is 0. The Bertz CT molecular complexity index is 311. The molecule has 26 heavy (non-hydrogen) atoms. The van der Waals surface area contributed by atoms with Gasteiger partial charge in [-0.3, -0.25) is 9.59 Å². The highest BCUT2D eigenvalue weighted by Crippen LogP contribution is 2.09. The Morgan fingerprint density at radius 1 is 0.615 bits per heavy atom. The van der Waals surface area contributed by atoms with Crippen LogP contribution in [0.25, 0.3) is 0 Å². The normalized spacial score (nSPS) is 10.2. The van der Waals surface area contributed by atoms with E-state index in [2.05, 4.69) is 0 Å². The van der Waals surface area contributed by atoms with E-state index in [9.17, 15) is 9.59 Å². The molecule has 0 heterocycles. The molecule has 0 aliphatic rings. The zero-order chi connectivity index (χ0) is 18.2. The van der Waals surface area contributed by atoms with Gasteiger partial charge in [0.2, 0.25) is 0 Å². The zero-order valence-electron chi connectivity index (χ0n) is 16.8. The summed E-state index contributed by atoms with van der Waals surface area (Å²) in [6, 6.07) is 0. The van der Waals surface area contributed by atoms with Crippen LogP contribution in [0.4, 0.5) is 0 Å². The highest BCUT2D eigenvalue weighted by atomic mass is 35.5. The van der Waals surface area contributed by atoms with E-state index in [1.165, 1.54) is 0 Å². The van der Waals surface area contributed by atoms with Gasteiger partial charge in [-0.05, 0) is 41.0 Å². The first-order valence-corrected chi connectivity index (χ1v) is 9.02. The predicted molar refractivity (Wildman–Crippen MR) is 110 cm³/mol. The molecule has 0 unspecified atom stereocenters. The fraction of sp³-hybridized carbons (Fsp3) is 0.889. The molecule has 0 saturated heterocycles. The topological polar surface area (TPSA) is 59.1 Å². The molecular formula is C18H38Cl2N2O4. The van der Waals surface area contributed by atoms with Gasteiger partial charge >= 0.3 is 11.9 Å². The molecule has 0 aromatic heterocycles. The molecule has 0 saturated carbocycles. The van der Waals surface area contributed by atoms with E-state index in [0.29, 0.717) is 26.1 Å². The van der Waals surface area contributed by atoms with Crippen molar-refractivity contribution in [2.24, 2.45) is 0 Å². The maximum Gasteiger partial charge on any atom is 0.305 e. The lowest BCUT2D eigenvalue weighted by Gasteiger charge is -2.10. The molecule has 0 amide bonds. The molecule has 0 spiro atoms. The second-order valence-corrected chi connectivity index (χ2v) is 6.67. The zero-order valence-corrected chi connectivity index (χ0v) is 18.5. The number of rotatable bonds is 15. The minimum Gasteiger partial charge on any atom is -0.464 e. The van der Waals surface area contributed by atoms with Crippen LogP contribution >= 0.6 is 24.8 Å². The Kier molecular flexibility index (Phi) is 24.1. The maximum atomic E-state index is 11.5. The molecule has 0 N–H and O–H groups in total. The molecule has 0 radical (unpaired) electrons. The quantitative estimate of drug-likeness (QED) is 0.301. The van der Waals surface area contributed by atoms with E-state index in [-0.39, 0.29) is 36.8 Å². The van der Waals surface area contributed by atoms with Crippen LogP contribution < -0.4 is 0 Å². The maximum absolute atomic E-state index is 11.5. The Labute approximate surface area is 171 Å². The van der Waals surface area contributed by atoms with Crippen molar-refractivity contribution in [2.45, 2.75) is 51.4 Å². The molecule has 0 aliphatic heterocycles. The average molecular weight is 417 g/mol. The van der Waals surface area contributed by atoms with Crippen molar-refractivity contribution >= 4 is 36.8 Å². The van der Waals surface area contributed by atoms with Crippen LogP contribution in [0.5, 0.6) is 0 Å². The van der Waals surface area contributed by atoms with Gasteiger partial charge in [-0.2, -0.15) is 0 Å². The average Bonchev–Trinajstić information content (AvgIpc) is 2.49. The van der Waals surface area contributed by atoms with Crippen molar-refractivity contribution in [1.29, 1.82) is 0 Å². The third-order valence-electron chi connectivity index (χ3n) is 3.61. The number of ether oxygens (including phenoxy) is 2. The van der Waals surface area contributed by atoms with Crippen molar-refractivity contribution in [3.8, 4) is 0 Å². The van der Waals surface area contributed by atoms with Crippen molar-refractivity contribution in [3.63, 3.8) is 0 Å². The van der Waals surface area contributed by atoms with Crippen molar-refractivity contribution in [3.05, 3.63) is 0 Å². The third kappa shape index (κ3) is 23.4. The fourth-order valence-electron chi connectivity index (χ4n) is 2.07. The number of esters is 2. The highest BCUT2D eigenvalue weighted by Gasteiger charge is 2.04. The van der Waals surface area contributed by atoms with E-state index in [4.69, 9.17) is 9.47 Å². The highest BCUT2D eigenvalue weighted by molar-refractivity contribution is 5.85. The SMILES string of the molecule is CN(C)CCOC(=O)CCCCCCCCC(=O)OCCN(C)C.Cl.Cl. The summed E-state index contributed by atoms with van der Waals surface area (Å²) in [5.74, 6) is -0.199. The Morgan fingerprint density at radius 3 is 1.23 bits per heavy atom. The van der Waals surface area contributed by atoms with E-state index >= 15 is 0 Å². The van der Waals surface area contributed by atoms with Crippen LogP contribution in [-0.2, 0) is 19.1 Å². The molecular weight excluding hydrogens is 379 g/mol. The first kappa shape index (κ1) is 30.2. The number of unbranched alkanes of at least 4 members (excludes halogenated alkanes) is 5. The van der Waals surface area contributed by atoms with Gasteiger partial charge < -0.3 is 19.3 Å². The smallest absolute Gasteiger partial charge is 0.305 e. The molecule has 0 aromatic rings. The van der Waals surface area contributed by atoms with Crippen LogP contribution in [0.2, 0.25) is 0 Å². The number of halogens is 2. The first-order chi connectivity index (χ1) is 11.4. The fourth-order valence-corrected chi connectivity index (χ4v) is 2.07. The predicted octanol–water partition coefficient (Wildman–Crippen LogP) is 3.16. The van der Waals surface area contributed by atoms with Gasteiger partial charge in [0.05, 0.1) is 0 Å². The summed E-state index contributed by atoms with van der Waals surface area (Å²) in [6.07, 6.45) is 7.05. The number of carbonyl (C=O) groups excluding carboxylic acids is 2. The van der Waals surface area contributed by atoms with Crippen LogP contribution in [0.3, 0.4) is 0 Å². The number of likely N-dealkylation sites (N-methyl/N-ethyl adjacent to an activating group) is 2. The lowest BCUT2D eigenvalue weighted by molar-refractivity contribution is -0.145. The summed E-state index contributed by atoms with van der Waals surface area (Å²) >= 11 is 0. The molecule has 0 atom stereocenters. The lowest BCUT2D eigenvalue weighted by Crippen LogP contribution is -2.20. The summed E-state index contributed by atoms with van der Waals surface area (Å²) < 4.78 is 10.3. The van der Waals surface area contributed by atoms with Crippen LogP contribution in [0, 0.1) is 0 Å². The van der Waals surface area contributed by atoms with Gasteiger partial charge in [-0.25, -0.2) is 0 Å². The van der Waals surface area contributed by atoms with Crippen molar-refractivity contribution in [1.82, 2.24) is 9.80 Å². The van der Waals surface area contributed by atoms with Gasteiger partial charge in [-0.1, -0.05) is 25.7 Å². The first-order valence-electron chi connectivity index (χ1n) is 9.02. The van der Waals surface area contributed by atoms with Gasteiger partial charge in [0.25, 0.3) is 0 Å².